The van der Waals surface area contributed by atoms with Crippen molar-refractivity contribution in [2.24, 2.45) is 0 Å². The molecule has 0 bridgehead atoms. The Bertz CT molecular complexity index is 393. The summed E-state index contributed by atoms with van der Waals surface area (Å²) < 4.78 is 0.932. The zero-order chi connectivity index (χ0) is 12.8. The van der Waals surface area contributed by atoms with Crippen LogP contribution in [0.25, 0.3) is 0 Å². The summed E-state index contributed by atoms with van der Waals surface area (Å²) in [6.45, 7) is 4.04. The van der Waals surface area contributed by atoms with E-state index in [4.69, 9.17) is 0 Å². The molecule has 1 atom stereocenters. The Morgan fingerprint density at radius 3 is 2.76 bits per heavy atom. The van der Waals surface area contributed by atoms with Gasteiger partial charge in [0.05, 0.1) is 0 Å². The summed E-state index contributed by atoms with van der Waals surface area (Å²) >= 11 is 6.80. The summed E-state index contributed by atoms with van der Waals surface area (Å²) in [6, 6.07) is 6.00. The normalized spacial score (nSPS) is 12.2. The third-order valence-corrected chi connectivity index (χ3v) is 3.68. The number of amides is 1. The minimum atomic E-state index is 0.0107. The number of carbonyl (C=O) groups excluding carboxylic acids is 1. The minimum Gasteiger partial charge on any atom is -0.349 e. The molecule has 2 nitrogen and oxygen atoms in total. The van der Waals surface area contributed by atoms with E-state index < -0.39 is 0 Å². The molecule has 1 aromatic rings. The molecule has 0 saturated heterocycles. The molecule has 0 fully saturated rings. The SMILES string of the molecule is CCC(CCBr)NC(=O)c1cc(Br)ccc1C. The predicted molar refractivity (Wildman–Crippen MR) is 78.8 cm³/mol. The van der Waals surface area contributed by atoms with E-state index in [1.807, 2.05) is 25.1 Å². The lowest BCUT2D eigenvalue weighted by Crippen LogP contribution is -2.35. The van der Waals surface area contributed by atoms with E-state index in [0.29, 0.717) is 0 Å². The fourth-order valence-corrected chi connectivity index (χ4v) is 2.53. The maximum absolute atomic E-state index is 12.1. The van der Waals surface area contributed by atoms with Crippen molar-refractivity contribution in [1.82, 2.24) is 5.32 Å². The molecule has 0 aromatic heterocycles. The Hall–Kier alpha value is -0.350. The van der Waals surface area contributed by atoms with Crippen LogP contribution in [0.4, 0.5) is 0 Å². The summed E-state index contributed by atoms with van der Waals surface area (Å²) in [5, 5.41) is 3.97. The molecule has 1 unspecified atom stereocenters. The van der Waals surface area contributed by atoms with Gasteiger partial charge in [0.1, 0.15) is 0 Å². The van der Waals surface area contributed by atoms with Crippen LogP contribution < -0.4 is 5.32 Å². The van der Waals surface area contributed by atoms with Crippen LogP contribution in [-0.4, -0.2) is 17.3 Å². The van der Waals surface area contributed by atoms with Crippen LogP contribution in [0.2, 0.25) is 0 Å². The fraction of sp³-hybridized carbons (Fsp3) is 0.462. The summed E-state index contributed by atoms with van der Waals surface area (Å²) in [7, 11) is 0. The van der Waals surface area contributed by atoms with Crippen molar-refractivity contribution in [1.29, 1.82) is 0 Å². The van der Waals surface area contributed by atoms with Gasteiger partial charge in [0.15, 0.2) is 0 Å². The van der Waals surface area contributed by atoms with E-state index in [0.717, 1.165) is 33.8 Å². The molecule has 0 spiro atoms. The quantitative estimate of drug-likeness (QED) is 0.786. The van der Waals surface area contributed by atoms with Crippen molar-refractivity contribution in [3.63, 3.8) is 0 Å². The first kappa shape index (κ1) is 14.7. The first-order valence-corrected chi connectivity index (χ1v) is 7.63. The van der Waals surface area contributed by atoms with Crippen molar-refractivity contribution in [3.05, 3.63) is 33.8 Å². The highest BCUT2D eigenvalue weighted by molar-refractivity contribution is 9.10. The van der Waals surface area contributed by atoms with Crippen molar-refractivity contribution in [3.8, 4) is 0 Å². The van der Waals surface area contributed by atoms with Gasteiger partial charge in [-0.25, -0.2) is 0 Å². The number of rotatable bonds is 5. The van der Waals surface area contributed by atoms with Crippen LogP contribution in [0.5, 0.6) is 0 Å². The maximum atomic E-state index is 12.1. The van der Waals surface area contributed by atoms with Gasteiger partial charge in [0, 0.05) is 21.4 Å². The first-order valence-electron chi connectivity index (χ1n) is 5.71. The van der Waals surface area contributed by atoms with E-state index in [2.05, 4.69) is 44.1 Å². The van der Waals surface area contributed by atoms with E-state index in [1.54, 1.807) is 0 Å². The molecular formula is C13H17Br2NO. The third-order valence-electron chi connectivity index (χ3n) is 2.73. The molecule has 0 heterocycles. The molecule has 1 amide bonds. The monoisotopic (exact) mass is 361 g/mol. The summed E-state index contributed by atoms with van der Waals surface area (Å²) in [5.41, 5.74) is 1.74. The maximum Gasteiger partial charge on any atom is 0.251 e. The molecule has 1 rings (SSSR count). The van der Waals surface area contributed by atoms with Gasteiger partial charge in [-0.15, -0.1) is 0 Å². The first-order chi connectivity index (χ1) is 8.08. The highest BCUT2D eigenvalue weighted by Crippen LogP contribution is 2.16. The van der Waals surface area contributed by atoms with Gasteiger partial charge in [-0.05, 0) is 37.5 Å². The largest absolute Gasteiger partial charge is 0.349 e. The predicted octanol–water partition coefficient (Wildman–Crippen LogP) is 4.05. The van der Waals surface area contributed by atoms with Gasteiger partial charge < -0.3 is 5.32 Å². The highest BCUT2D eigenvalue weighted by Gasteiger charge is 2.13. The molecule has 17 heavy (non-hydrogen) atoms. The van der Waals surface area contributed by atoms with Crippen LogP contribution in [0.15, 0.2) is 22.7 Å². The smallest absolute Gasteiger partial charge is 0.251 e. The molecule has 0 radical (unpaired) electrons. The molecule has 1 aromatic carbocycles. The number of hydrogen-bond acceptors (Lipinski definition) is 1. The molecule has 4 heteroatoms. The van der Waals surface area contributed by atoms with E-state index in [-0.39, 0.29) is 11.9 Å². The average molecular weight is 363 g/mol. The second-order valence-corrected chi connectivity index (χ2v) is 5.72. The van der Waals surface area contributed by atoms with Crippen LogP contribution in [0, 0.1) is 6.92 Å². The number of hydrogen-bond donors (Lipinski definition) is 1. The third kappa shape index (κ3) is 4.43. The second kappa shape index (κ2) is 7.17. The van der Waals surface area contributed by atoms with Crippen LogP contribution >= 0.6 is 31.9 Å². The lowest BCUT2D eigenvalue weighted by molar-refractivity contribution is 0.0934. The Morgan fingerprint density at radius 2 is 2.18 bits per heavy atom. The standard InChI is InChI=1S/C13H17Br2NO/c1-3-11(6-7-14)16-13(17)12-8-10(15)5-4-9(12)2/h4-5,8,11H,3,6-7H2,1-2H3,(H,16,17). The van der Waals surface area contributed by atoms with Gasteiger partial charge in [-0.2, -0.15) is 0 Å². The number of benzene rings is 1. The lowest BCUT2D eigenvalue weighted by Gasteiger charge is -2.16. The van der Waals surface area contributed by atoms with Gasteiger partial charge in [-0.1, -0.05) is 44.8 Å². The van der Waals surface area contributed by atoms with E-state index in [9.17, 15) is 4.79 Å². The zero-order valence-electron chi connectivity index (χ0n) is 10.1. The van der Waals surface area contributed by atoms with Gasteiger partial charge >= 0.3 is 0 Å². The molecule has 0 saturated carbocycles. The Balaban J connectivity index is 2.78. The van der Waals surface area contributed by atoms with Crippen molar-refractivity contribution in [2.45, 2.75) is 32.7 Å². The van der Waals surface area contributed by atoms with Crippen molar-refractivity contribution < 1.29 is 4.79 Å². The Labute approximate surface area is 119 Å². The van der Waals surface area contributed by atoms with Crippen LogP contribution in [-0.2, 0) is 0 Å². The average Bonchev–Trinajstić information content (AvgIpc) is 2.31. The molecular weight excluding hydrogens is 346 g/mol. The Morgan fingerprint density at radius 1 is 1.47 bits per heavy atom. The second-order valence-electron chi connectivity index (χ2n) is 4.02. The Kier molecular flexibility index (Phi) is 6.20. The van der Waals surface area contributed by atoms with E-state index in [1.165, 1.54) is 0 Å². The number of nitrogens with one attached hydrogen (secondary N) is 1. The van der Waals surface area contributed by atoms with Crippen LogP contribution in [0.3, 0.4) is 0 Å². The zero-order valence-corrected chi connectivity index (χ0v) is 13.3. The van der Waals surface area contributed by atoms with Crippen molar-refractivity contribution >= 4 is 37.8 Å². The van der Waals surface area contributed by atoms with Crippen LogP contribution in [0.1, 0.15) is 35.7 Å². The molecule has 0 aliphatic carbocycles. The summed E-state index contributed by atoms with van der Waals surface area (Å²) in [6.07, 6.45) is 1.90. The number of halogens is 2. The summed E-state index contributed by atoms with van der Waals surface area (Å²) in [4.78, 5) is 12.1. The number of alkyl halides is 1. The molecule has 0 aliphatic rings. The highest BCUT2D eigenvalue weighted by atomic mass is 79.9. The van der Waals surface area contributed by atoms with Crippen molar-refractivity contribution in [2.75, 3.05) is 5.33 Å². The van der Waals surface area contributed by atoms with E-state index >= 15 is 0 Å². The van der Waals surface area contributed by atoms with Gasteiger partial charge in [0.25, 0.3) is 5.91 Å². The minimum absolute atomic E-state index is 0.0107. The van der Waals surface area contributed by atoms with Gasteiger partial charge in [-0.3, -0.25) is 4.79 Å². The molecule has 94 valence electrons. The number of aryl methyl sites for hydroxylation is 1. The fourth-order valence-electron chi connectivity index (χ4n) is 1.61. The molecule has 0 aliphatic heterocycles. The molecule has 1 N–H and O–H groups in total. The summed E-state index contributed by atoms with van der Waals surface area (Å²) in [5.74, 6) is 0.0107. The van der Waals surface area contributed by atoms with Gasteiger partial charge in [0.2, 0.25) is 0 Å². The number of carbonyl (C=O) groups is 1. The topological polar surface area (TPSA) is 29.1 Å². The lowest BCUT2D eigenvalue weighted by atomic mass is 10.1.